The number of benzene rings is 1. The number of nitrogens with zero attached hydrogens (tertiary/aromatic N) is 1. The van der Waals surface area contributed by atoms with E-state index in [1.54, 1.807) is 25.3 Å². The maximum absolute atomic E-state index is 12.1. The lowest BCUT2D eigenvalue weighted by atomic mass is 10.2. The SMILES string of the molecule is CC(Sc1ccccn1)C(=O)Nc1cccc(C(=O)O)c1. The van der Waals surface area contributed by atoms with Crippen LogP contribution < -0.4 is 5.32 Å². The van der Waals surface area contributed by atoms with Gasteiger partial charge in [-0.2, -0.15) is 0 Å². The van der Waals surface area contributed by atoms with E-state index in [4.69, 9.17) is 5.11 Å². The lowest BCUT2D eigenvalue weighted by Crippen LogP contribution is -2.22. The van der Waals surface area contributed by atoms with Crippen molar-refractivity contribution < 1.29 is 14.7 Å². The molecule has 1 amide bonds. The number of carboxylic acids is 1. The normalized spacial score (nSPS) is 11.7. The molecule has 0 spiro atoms. The van der Waals surface area contributed by atoms with E-state index in [9.17, 15) is 9.59 Å². The average molecular weight is 302 g/mol. The van der Waals surface area contributed by atoms with E-state index in [0.29, 0.717) is 5.69 Å². The van der Waals surface area contributed by atoms with Gasteiger partial charge in [-0.1, -0.05) is 23.9 Å². The third-order valence-corrected chi connectivity index (χ3v) is 3.73. The predicted octanol–water partition coefficient (Wildman–Crippen LogP) is 2.90. The second kappa shape index (κ2) is 6.90. The summed E-state index contributed by atoms with van der Waals surface area (Å²) in [5.74, 6) is -1.23. The van der Waals surface area contributed by atoms with Crippen LogP contribution >= 0.6 is 11.8 Å². The van der Waals surface area contributed by atoms with Crippen molar-refractivity contribution in [2.24, 2.45) is 0 Å². The zero-order valence-electron chi connectivity index (χ0n) is 11.3. The number of aromatic nitrogens is 1. The second-order valence-corrected chi connectivity index (χ2v) is 5.66. The first kappa shape index (κ1) is 15.1. The van der Waals surface area contributed by atoms with Crippen molar-refractivity contribution in [2.45, 2.75) is 17.2 Å². The molecule has 0 saturated carbocycles. The molecule has 1 unspecified atom stereocenters. The van der Waals surface area contributed by atoms with Crippen LogP contribution in [0.15, 0.2) is 53.7 Å². The highest BCUT2D eigenvalue weighted by molar-refractivity contribution is 8.00. The van der Waals surface area contributed by atoms with Gasteiger partial charge in [-0.05, 0) is 37.3 Å². The van der Waals surface area contributed by atoms with E-state index in [-0.39, 0.29) is 16.7 Å². The molecule has 2 aromatic rings. The van der Waals surface area contributed by atoms with Crippen molar-refractivity contribution in [3.63, 3.8) is 0 Å². The molecule has 1 heterocycles. The molecular weight excluding hydrogens is 288 g/mol. The second-order valence-electron chi connectivity index (χ2n) is 4.30. The topological polar surface area (TPSA) is 79.3 Å². The molecule has 0 aliphatic rings. The van der Waals surface area contributed by atoms with E-state index in [2.05, 4.69) is 10.3 Å². The summed E-state index contributed by atoms with van der Waals surface area (Å²) in [5.41, 5.74) is 0.603. The lowest BCUT2D eigenvalue weighted by molar-refractivity contribution is -0.115. The van der Waals surface area contributed by atoms with Crippen LogP contribution in [0.25, 0.3) is 0 Å². The number of anilines is 1. The molecule has 0 aliphatic heterocycles. The number of carboxylic acid groups (broad SMARTS) is 1. The monoisotopic (exact) mass is 302 g/mol. The molecule has 1 atom stereocenters. The highest BCUT2D eigenvalue weighted by atomic mass is 32.2. The van der Waals surface area contributed by atoms with Gasteiger partial charge in [-0.15, -0.1) is 0 Å². The number of nitrogens with one attached hydrogen (secondary N) is 1. The van der Waals surface area contributed by atoms with E-state index in [0.717, 1.165) is 5.03 Å². The van der Waals surface area contributed by atoms with Crippen molar-refractivity contribution in [1.82, 2.24) is 4.98 Å². The minimum Gasteiger partial charge on any atom is -0.478 e. The Morgan fingerprint density at radius 1 is 1.24 bits per heavy atom. The fourth-order valence-corrected chi connectivity index (χ4v) is 2.43. The first-order valence-electron chi connectivity index (χ1n) is 6.28. The van der Waals surface area contributed by atoms with E-state index >= 15 is 0 Å². The summed E-state index contributed by atoms with van der Waals surface area (Å²) in [6, 6.07) is 11.7. The number of thioether (sulfide) groups is 1. The molecule has 108 valence electrons. The number of hydrogen-bond donors (Lipinski definition) is 2. The van der Waals surface area contributed by atoms with Gasteiger partial charge < -0.3 is 10.4 Å². The van der Waals surface area contributed by atoms with E-state index in [1.807, 2.05) is 18.2 Å². The van der Waals surface area contributed by atoms with Crippen LogP contribution in [0.2, 0.25) is 0 Å². The van der Waals surface area contributed by atoms with Gasteiger partial charge in [0.05, 0.1) is 15.8 Å². The Labute approximate surface area is 126 Å². The summed E-state index contributed by atoms with van der Waals surface area (Å²) in [6.07, 6.45) is 1.67. The Bertz CT molecular complexity index is 646. The van der Waals surface area contributed by atoms with Gasteiger partial charge in [0.2, 0.25) is 5.91 Å². The van der Waals surface area contributed by atoms with Gasteiger partial charge in [0, 0.05) is 11.9 Å². The van der Waals surface area contributed by atoms with Crippen molar-refractivity contribution >= 4 is 29.3 Å². The number of rotatable bonds is 5. The number of amides is 1. The molecule has 2 rings (SSSR count). The Morgan fingerprint density at radius 2 is 2.05 bits per heavy atom. The molecule has 2 N–H and O–H groups in total. The minimum atomic E-state index is -1.03. The molecule has 1 aromatic heterocycles. The number of carbonyl (C=O) groups is 2. The zero-order chi connectivity index (χ0) is 15.2. The van der Waals surface area contributed by atoms with Gasteiger partial charge in [0.15, 0.2) is 0 Å². The molecule has 1 aromatic carbocycles. The Kier molecular flexibility index (Phi) is 4.94. The van der Waals surface area contributed by atoms with Crippen LogP contribution in [-0.2, 0) is 4.79 Å². The Hall–Kier alpha value is -2.34. The summed E-state index contributed by atoms with van der Waals surface area (Å²) >= 11 is 1.34. The van der Waals surface area contributed by atoms with Crippen LogP contribution in [0.4, 0.5) is 5.69 Å². The molecule has 0 fully saturated rings. The molecule has 21 heavy (non-hydrogen) atoms. The van der Waals surface area contributed by atoms with Crippen LogP contribution in [-0.4, -0.2) is 27.2 Å². The van der Waals surface area contributed by atoms with Crippen molar-refractivity contribution in [3.05, 3.63) is 54.2 Å². The molecule has 0 aliphatic carbocycles. The lowest BCUT2D eigenvalue weighted by Gasteiger charge is -2.11. The fourth-order valence-electron chi connectivity index (χ4n) is 1.63. The average Bonchev–Trinajstić information content (AvgIpc) is 2.48. The van der Waals surface area contributed by atoms with Crippen molar-refractivity contribution in [2.75, 3.05) is 5.32 Å². The molecule has 0 saturated heterocycles. The van der Waals surface area contributed by atoms with E-state index < -0.39 is 5.97 Å². The van der Waals surface area contributed by atoms with Gasteiger partial charge in [-0.3, -0.25) is 4.79 Å². The number of pyridine rings is 1. The first-order chi connectivity index (χ1) is 10.1. The Balaban J connectivity index is 2.00. The van der Waals surface area contributed by atoms with Crippen LogP contribution in [0.3, 0.4) is 0 Å². The maximum atomic E-state index is 12.1. The van der Waals surface area contributed by atoms with Gasteiger partial charge in [-0.25, -0.2) is 9.78 Å². The standard InChI is InChI=1S/C15H14N2O3S/c1-10(21-13-7-2-3-8-16-13)14(18)17-12-6-4-5-11(9-12)15(19)20/h2-10H,1H3,(H,17,18)(H,19,20). The fraction of sp³-hybridized carbons (Fsp3) is 0.133. The van der Waals surface area contributed by atoms with Crippen molar-refractivity contribution in [3.8, 4) is 0 Å². The summed E-state index contributed by atoms with van der Waals surface area (Å²) in [5, 5.41) is 12.1. The van der Waals surface area contributed by atoms with Gasteiger partial charge >= 0.3 is 5.97 Å². The molecule has 6 heteroatoms. The molecule has 0 bridgehead atoms. The Morgan fingerprint density at radius 3 is 2.71 bits per heavy atom. The zero-order valence-corrected chi connectivity index (χ0v) is 12.1. The molecule has 5 nitrogen and oxygen atoms in total. The van der Waals surface area contributed by atoms with Crippen LogP contribution in [0.1, 0.15) is 17.3 Å². The highest BCUT2D eigenvalue weighted by Crippen LogP contribution is 2.22. The number of hydrogen-bond acceptors (Lipinski definition) is 4. The molecular formula is C15H14N2O3S. The quantitative estimate of drug-likeness (QED) is 0.830. The summed E-state index contributed by atoms with van der Waals surface area (Å²) in [7, 11) is 0. The highest BCUT2D eigenvalue weighted by Gasteiger charge is 2.15. The van der Waals surface area contributed by atoms with Crippen molar-refractivity contribution in [1.29, 1.82) is 0 Å². The number of carbonyl (C=O) groups excluding carboxylic acids is 1. The maximum Gasteiger partial charge on any atom is 0.335 e. The van der Waals surface area contributed by atoms with E-state index in [1.165, 1.54) is 23.9 Å². The third-order valence-electron chi connectivity index (χ3n) is 2.68. The largest absolute Gasteiger partial charge is 0.478 e. The van der Waals surface area contributed by atoms with Gasteiger partial charge in [0.25, 0.3) is 0 Å². The van der Waals surface area contributed by atoms with Gasteiger partial charge in [0.1, 0.15) is 0 Å². The summed E-state index contributed by atoms with van der Waals surface area (Å²) in [6.45, 7) is 1.77. The summed E-state index contributed by atoms with van der Waals surface area (Å²) in [4.78, 5) is 27.1. The smallest absolute Gasteiger partial charge is 0.335 e. The number of aromatic carboxylic acids is 1. The van der Waals surface area contributed by atoms with Crippen LogP contribution in [0.5, 0.6) is 0 Å². The third kappa shape index (κ3) is 4.32. The van der Waals surface area contributed by atoms with Crippen LogP contribution in [0, 0.1) is 0 Å². The minimum absolute atomic E-state index is 0.137. The predicted molar refractivity (Wildman–Crippen MR) is 81.6 cm³/mol. The summed E-state index contributed by atoms with van der Waals surface area (Å²) < 4.78 is 0. The first-order valence-corrected chi connectivity index (χ1v) is 7.16. The molecule has 0 radical (unpaired) electrons.